The summed E-state index contributed by atoms with van der Waals surface area (Å²) in [6.07, 6.45) is -0.516. The highest BCUT2D eigenvalue weighted by atomic mass is 32.2. The standard InChI is InChI=1S/C40H37N9O4S/c41-48-44-26-30-12-4-7-16-34(30)37-40(25-29-11-5-8-17-35(29)46-49-42,45-38(53-37)28-19-21-32(22-20-28)52-24-10-23-50)39(51)47-43-27-31-13-6-9-18-36(31)54-33-14-2-1-3-15-33/h1-9,11-22,37,43,50H,10,23-27H2,(H,47,51)/t37-,40-/m0/s1. The summed E-state index contributed by atoms with van der Waals surface area (Å²) in [7, 11) is 0. The van der Waals surface area contributed by atoms with E-state index in [1.807, 2.05) is 78.9 Å². The van der Waals surface area contributed by atoms with Gasteiger partial charge >= 0.3 is 0 Å². The molecule has 0 spiro atoms. The summed E-state index contributed by atoms with van der Waals surface area (Å²) in [5.74, 6) is 0.319. The summed E-state index contributed by atoms with van der Waals surface area (Å²) < 4.78 is 12.4. The number of aliphatic hydroxyl groups is 1. The van der Waals surface area contributed by atoms with E-state index in [2.05, 4.69) is 30.9 Å². The van der Waals surface area contributed by atoms with Gasteiger partial charge in [0.2, 0.25) is 5.90 Å². The van der Waals surface area contributed by atoms with Crippen molar-refractivity contribution in [1.82, 2.24) is 10.9 Å². The van der Waals surface area contributed by atoms with E-state index in [1.54, 1.807) is 60.3 Å². The van der Waals surface area contributed by atoms with E-state index in [-0.39, 0.29) is 25.5 Å². The summed E-state index contributed by atoms with van der Waals surface area (Å²) in [5.41, 5.74) is 26.8. The Hall–Kier alpha value is -6.27. The van der Waals surface area contributed by atoms with Crippen molar-refractivity contribution in [2.24, 2.45) is 15.2 Å². The minimum atomic E-state index is -1.65. The molecule has 2 atom stereocenters. The Kier molecular flexibility index (Phi) is 12.8. The van der Waals surface area contributed by atoms with Gasteiger partial charge < -0.3 is 14.6 Å². The SMILES string of the molecule is [N-]=[N+]=NCc1ccccc1[C@@H]1OC(c2ccc(OCCCO)cc2)=N[C@]1(Cc1ccccc1N=[N+]=[N-])C(=O)NNCc1ccccc1Sc1ccccc1. The van der Waals surface area contributed by atoms with Crippen molar-refractivity contribution in [3.05, 3.63) is 176 Å². The molecule has 54 heavy (non-hydrogen) atoms. The summed E-state index contributed by atoms with van der Waals surface area (Å²) in [6, 6.07) is 39.4. The Morgan fingerprint density at radius 1 is 0.870 bits per heavy atom. The van der Waals surface area contributed by atoms with E-state index in [0.29, 0.717) is 53.3 Å². The van der Waals surface area contributed by atoms with E-state index >= 15 is 0 Å². The molecule has 14 heteroatoms. The fourth-order valence-electron chi connectivity index (χ4n) is 6.09. The number of aliphatic imine (C=N–C) groups is 1. The van der Waals surface area contributed by atoms with Crippen LogP contribution in [0.3, 0.4) is 0 Å². The van der Waals surface area contributed by atoms with Crippen LogP contribution < -0.4 is 15.6 Å². The van der Waals surface area contributed by atoms with Crippen LogP contribution in [-0.4, -0.2) is 35.7 Å². The van der Waals surface area contributed by atoms with Crippen molar-refractivity contribution in [3.63, 3.8) is 0 Å². The van der Waals surface area contributed by atoms with Gasteiger partial charge in [-0.2, -0.15) is 0 Å². The van der Waals surface area contributed by atoms with Gasteiger partial charge in [0.1, 0.15) is 5.75 Å². The summed E-state index contributed by atoms with van der Waals surface area (Å²) in [4.78, 5) is 28.1. The first-order valence-electron chi connectivity index (χ1n) is 17.2. The summed E-state index contributed by atoms with van der Waals surface area (Å²) >= 11 is 1.63. The van der Waals surface area contributed by atoms with E-state index < -0.39 is 17.6 Å². The normalized spacial score (nSPS) is 15.9. The molecule has 1 heterocycles. The second kappa shape index (κ2) is 18.5. The van der Waals surface area contributed by atoms with Gasteiger partial charge in [-0.1, -0.05) is 107 Å². The third kappa shape index (κ3) is 9.02. The molecule has 6 rings (SSSR count). The van der Waals surface area contributed by atoms with Crippen LogP contribution in [-0.2, 0) is 29.0 Å². The maximum Gasteiger partial charge on any atom is 0.266 e. The molecule has 5 aromatic rings. The second-order valence-corrected chi connectivity index (χ2v) is 13.3. The number of aliphatic hydroxyl groups excluding tert-OH is 1. The number of carbonyl (C=O) groups excluding carboxylic acids is 1. The van der Waals surface area contributed by atoms with Gasteiger partial charge in [-0.15, -0.1) is 0 Å². The first kappa shape index (κ1) is 37.5. The van der Waals surface area contributed by atoms with Gasteiger partial charge in [-0.25, -0.2) is 10.4 Å². The number of nitrogens with zero attached hydrogens (tertiary/aromatic N) is 7. The number of carbonyl (C=O) groups is 1. The lowest BCUT2D eigenvalue weighted by atomic mass is 9.80. The molecular formula is C40H37N9O4S. The third-order valence-corrected chi connectivity index (χ3v) is 9.83. The minimum Gasteiger partial charge on any atom is -0.494 e. The van der Waals surface area contributed by atoms with Crippen molar-refractivity contribution < 1.29 is 19.4 Å². The number of ether oxygens (including phenoxy) is 2. The molecule has 272 valence electrons. The monoisotopic (exact) mass is 739 g/mol. The third-order valence-electron chi connectivity index (χ3n) is 8.70. The van der Waals surface area contributed by atoms with Crippen molar-refractivity contribution in [3.8, 4) is 5.75 Å². The molecule has 0 aromatic heterocycles. The number of azide groups is 2. The van der Waals surface area contributed by atoms with Crippen LogP contribution in [0.5, 0.6) is 5.75 Å². The highest BCUT2D eigenvalue weighted by Gasteiger charge is 2.54. The van der Waals surface area contributed by atoms with Crippen LogP contribution in [0.1, 0.15) is 40.3 Å². The van der Waals surface area contributed by atoms with Crippen LogP contribution in [0, 0.1) is 0 Å². The predicted molar refractivity (Wildman–Crippen MR) is 207 cm³/mol. The smallest absolute Gasteiger partial charge is 0.266 e. The Balaban J connectivity index is 1.40. The Morgan fingerprint density at radius 2 is 1.57 bits per heavy atom. The first-order valence-corrected chi connectivity index (χ1v) is 18.0. The average molecular weight is 740 g/mol. The minimum absolute atomic E-state index is 0.0114. The maximum absolute atomic E-state index is 14.9. The number of hydrogen-bond acceptors (Lipinski definition) is 9. The topological polar surface area (TPSA) is 190 Å². The summed E-state index contributed by atoms with van der Waals surface area (Å²) in [6.45, 7) is 0.698. The Morgan fingerprint density at radius 3 is 2.33 bits per heavy atom. The quantitative estimate of drug-likeness (QED) is 0.0281. The Bertz CT molecular complexity index is 2190. The van der Waals surface area contributed by atoms with Crippen molar-refractivity contribution in [2.45, 2.75) is 47.4 Å². The molecule has 5 aromatic carbocycles. The molecule has 1 aliphatic heterocycles. The fraction of sp³-hybridized carbons (Fsp3) is 0.200. The first-order chi connectivity index (χ1) is 26.5. The number of nitrogens with one attached hydrogen (secondary N) is 2. The van der Waals surface area contributed by atoms with Gasteiger partial charge in [-0.3, -0.25) is 10.2 Å². The van der Waals surface area contributed by atoms with Crippen molar-refractivity contribution in [1.29, 1.82) is 0 Å². The number of hydrogen-bond donors (Lipinski definition) is 3. The van der Waals surface area contributed by atoms with Gasteiger partial charge in [0.15, 0.2) is 11.6 Å². The molecule has 0 fully saturated rings. The number of rotatable bonds is 17. The molecule has 0 aliphatic carbocycles. The van der Waals surface area contributed by atoms with Crippen LogP contribution in [0.15, 0.2) is 152 Å². The summed E-state index contributed by atoms with van der Waals surface area (Å²) in [5, 5.41) is 16.9. The molecule has 3 N–H and O–H groups in total. The van der Waals surface area contributed by atoms with Gasteiger partial charge in [0, 0.05) is 56.9 Å². The molecule has 0 unspecified atom stereocenters. The van der Waals surface area contributed by atoms with Crippen molar-refractivity contribution >= 4 is 29.3 Å². The zero-order valence-corrected chi connectivity index (χ0v) is 30.0. The van der Waals surface area contributed by atoms with Crippen LogP contribution in [0.4, 0.5) is 5.69 Å². The highest BCUT2D eigenvalue weighted by molar-refractivity contribution is 7.99. The van der Waals surface area contributed by atoms with Gasteiger partial charge in [0.05, 0.1) is 13.2 Å². The maximum atomic E-state index is 14.9. The molecule has 0 saturated carbocycles. The van der Waals surface area contributed by atoms with Gasteiger partial charge in [-0.05, 0) is 75.8 Å². The second-order valence-electron chi connectivity index (χ2n) is 12.2. The lowest BCUT2D eigenvalue weighted by Gasteiger charge is -2.32. The fourth-order valence-corrected chi connectivity index (χ4v) is 7.06. The van der Waals surface area contributed by atoms with Crippen molar-refractivity contribution in [2.75, 3.05) is 13.2 Å². The van der Waals surface area contributed by atoms with Crippen LogP contribution in [0.2, 0.25) is 0 Å². The zero-order valence-electron chi connectivity index (χ0n) is 29.2. The molecule has 1 amide bonds. The molecular weight excluding hydrogens is 703 g/mol. The molecule has 0 saturated heterocycles. The molecule has 13 nitrogen and oxygen atoms in total. The number of hydrazine groups is 1. The van der Waals surface area contributed by atoms with Crippen LogP contribution >= 0.6 is 11.8 Å². The Labute approximate surface area is 316 Å². The average Bonchev–Trinajstić information content (AvgIpc) is 3.59. The van der Waals surface area contributed by atoms with E-state index in [9.17, 15) is 15.9 Å². The molecule has 0 radical (unpaired) electrons. The molecule has 0 bridgehead atoms. The highest BCUT2D eigenvalue weighted by Crippen LogP contribution is 2.45. The number of benzene rings is 5. The lowest BCUT2D eigenvalue weighted by Crippen LogP contribution is -2.53. The lowest BCUT2D eigenvalue weighted by molar-refractivity contribution is -0.130. The number of amides is 1. The van der Waals surface area contributed by atoms with Gasteiger partial charge in [0.25, 0.3) is 5.91 Å². The zero-order chi connectivity index (χ0) is 37.6. The predicted octanol–water partition coefficient (Wildman–Crippen LogP) is 8.67. The van der Waals surface area contributed by atoms with E-state index in [1.165, 1.54) is 0 Å². The largest absolute Gasteiger partial charge is 0.494 e. The molecule has 1 aliphatic rings. The van der Waals surface area contributed by atoms with Crippen LogP contribution in [0.25, 0.3) is 20.9 Å². The van der Waals surface area contributed by atoms with E-state index in [0.717, 1.165) is 15.4 Å². The van der Waals surface area contributed by atoms with E-state index in [4.69, 9.17) is 19.6 Å².